The van der Waals surface area contributed by atoms with Gasteiger partial charge >= 0.3 is 12.0 Å². The minimum atomic E-state index is -1.17. The SMILES string of the molecule is COc1ccc(C)cc1N1C[C@@H](C(=O)O[C@H](C)C(=O)NC(=O)NC(C)C)CC1=O. The van der Waals surface area contributed by atoms with E-state index in [2.05, 4.69) is 10.6 Å². The van der Waals surface area contributed by atoms with Crippen LogP contribution in [0, 0.1) is 12.8 Å². The third-order valence-electron chi connectivity index (χ3n) is 4.40. The third-order valence-corrected chi connectivity index (χ3v) is 4.40. The van der Waals surface area contributed by atoms with Gasteiger partial charge < -0.3 is 19.7 Å². The minimum Gasteiger partial charge on any atom is -0.495 e. The van der Waals surface area contributed by atoms with Gasteiger partial charge in [-0.1, -0.05) is 6.07 Å². The maximum absolute atomic E-state index is 12.5. The van der Waals surface area contributed by atoms with Gasteiger partial charge in [-0.05, 0) is 45.4 Å². The van der Waals surface area contributed by atoms with E-state index in [-0.39, 0.29) is 24.9 Å². The Morgan fingerprint density at radius 3 is 2.52 bits per heavy atom. The third kappa shape index (κ3) is 5.69. The first-order valence-electron chi connectivity index (χ1n) is 9.39. The standard InChI is InChI=1S/C20H27N3O6/c1-11(2)21-20(27)22-18(25)13(4)29-19(26)14-9-17(24)23(10-14)15-8-12(3)6-7-16(15)28-5/h6-8,11,13-14H,9-10H2,1-5H3,(H2,21,22,25,27)/t13-,14+/m1/s1. The lowest BCUT2D eigenvalue weighted by Gasteiger charge is -2.20. The van der Waals surface area contributed by atoms with Gasteiger partial charge in [0.2, 0.25) is 5.91 Å². The van der Waals surface area contributed by atoms with E-state index >= 15 is 0 Å². The lowest BCUT2D eigenvalue weighted by Crippen LogP contribution is -2.47. The number of amides is 4. The monoisotopic (exact) mass is 405 g/mol. The van der Waals surface area contributed by atoms with Crippen LogP contribution in [0.5, 0.6) is 5.75 Å². The maximum atomic E-state index is 12.5. The second kappa shape index (κ2) is 9.40. The second-order valence-electron chi connectivity index (χ2n) is 7.28. The number of carbonyl (C=O) groups is 4. The zero-order chi connectivity index (χ0) is 21.7. The van der Waals surface area contributed by atoms with E-state index in [0.29, 0.717) is 11.4 Å². The molecule has 29 heavy (non-hydrogen) atoms. The molecular formula is C20H27N3O6. The van der Waals surface area contributed by atoms with E-state index in [9.17, 15) is 19.2 Å². The van der Waals surface area contributed by atoms with Crippen LogP contribution in [0.3, 0.4) is 0 Å². The molecule has 158 valence electrons. The number of imide groups is 1. The highest BCUT2D eigenvalue weighted by Crippen LogP contribution is 2.34. The summed E-state index contributed by atoms with van der Waals surface area (Å²) in [6, 6.07) is 4.63. The van der Waals surface area contributed by atoms with Crippen LogP contribution in [0.1, 0.15) is 32.8 Å². The number of benzene rings is 1. The predicted molar refractivity (Wildman–Crippen MR) is 106 cm³/mol. The van der Waals surface area contributed by atoms with Crippen molar-refractivity contribution in [1.82, 2.24) is 10.6 Å². The molecule has 1 saturated heterocycles. The lowest BCUT2D eigenvalue weighted by molar-refractivity contribution is -0.158. The molecule has 9 nitrogen and oxygen atoms in total. The number of hydrogen-bond acceptors (Lipinski definition) is 6. The normalized spacial score (nSPS) is 17.1. The lowest BCUT2D eigenvalue weighted by atomic mass is 10.1. The van der Waals surface area contributed by atoms with Crippen molar-refractivity contribution in [2.75, 3.05) is 18.6 Å². The molecule has 1 aromatic carbocycles. The maximum Gasteiger partial charge on any atom is 0.321 e. The highest BCUT2D eigenvalue weighted by molar-refractivity contribution is 6.01. The second-order valence-corrected chi connectivity index (χ2v) is 7.28. The van der Waals surface area contributed by atoms with Crippen LogP contribution in [0.25, 0.3) is 0 Å². The van der Waals surface area contributed by atoms with Crippen LogP contribution in [0.15, 0.2) is 18.2 Å². The Bertz CT molecular complexity index is 807. The molecule has 1 aliphatic heterocycles. The number of rotatable bonds is 6. The van der Waals surface area contributed by atoms with Crippen LogP contribution >= 0.6 is 0 Å². The fraction of sp³-hybridized carbons (Fsp3) is 0.500. The quantitative estimate of drug-likeness (QED) is 0.694. The Labute approximate surface area is 169 Å². The largest absolute Gasteiger partial charge is 0.495 e. The summed E-state index contributed by atoms with van der Waals surface area (Å²) in [5.74, 6) is -1.82. The van der Waals surface area contributed by atoms with Crippen molar-refractivity contribution in [2.24, 2.45) is 5.92 Å². The van der Waals surface area contributed by atoms with Crippen LogP contribution in [-0.2, 0) is 19.1 Å². The van der Waals surface area contributed by atoms with E-state index in [0.717, 1.165) is 5.56 Å². The van der Waals surface area contributed by atoms with Crippen molar-refractivity contribution in [3.8, 4) is 5.75 Å². The highest BCUT2D eigenvalue weighted by atomic mass is 16.5. The summed E-state index contributed by atoms with van der Waals surface area (Å²) >= 11 is 0. The average Bonchev–Trinajstić information content (AvgIpc) is 3.02. The average molecular weight is 405 g/mol. The molecule has 0 spiro atoms. The summed E-state index contributed by atoms with van der Waals surface area (Å²) < 4.78 is 10.5. The van der Waals surface area contributed by atoms with Crippen molar-refractivity contribution >= 4 is 29.5 Å². The molecule has 0 unspecified atom stereocenters. The molecule has 4 amide bonds. The van der Waals surface area contributed by atoms with E-state index in [1.165, 1.54) is 18.9 Å². The highest BCUT2D eigenvalue weighted by Gasteiger charge is 2.38. The molecule has 0 bridgehead atoms. The summed E-state index contributed by atoms with van der Waals surface area (Å²) in [5.41, 5.74) is 1.54. The topological polar surface area (TPSA) is 114 Å². The smallest absolute Gasteiger partial charge is 0.321 e. The summed E-state index contributed by atoms with van der Waals surface area (Å²) in [5, 5.41) is 4.62. The number of anilines is 1. The molecule has 1 heterocycles. The zero-order valence-corrected chi connectivity index (χ0v) is 17.3. The molecule has 1 aliphatic rings. The Kier molecular flexibility index (Phi) is 7.19. The minimum absolute atomic E-state index is 0.0297. The Balaban J connectivity index is 1.99. The molecule has 2 rings (SSSR count). The fourth-order valence-corrected chi connectivity index (χ4v) is 2.95. The van der Waals surface area contributed by atoms with Gasteiger partial charge in [0.15, 0.2) is 6.10 Å². The van der Waals surface area contributed by atoms with Crippen LogP contribution < -0.4 is 20.3 Å². The molecule has 0 aromatic heterocycles. The number of ether oxygens (including phenoxy) is 2. The number of nitrogens with one attached hydrogen (secondary N) is 2. The van der Waals surface area contributed by atoms with Gasteiger partial charge in [0, 0.05) is 19.0 Å². The number of urea groups is 1. The summed E-state index contributed by atoms with van der Waals surface area (Å²) in [6.07, 6.45) is -1.20. The first-order chi connectivity index (χ1) is 13.6. The van der Waals surface area contributed by atoms with Crippen LogP contribution in [0.2, 0.25) is 0 Å². The number of hydrogen-bond donors (Lipinski definition) is 2. The summed E-state index contributed by atoms with van der Waals surface area (Å²) in [7, 11) is 1.51. The fourth-order valence-electron chi connectivity index (χ4n) is 2.95. The number of methoxy groups -OCH3 is 1. The molecule has 0 radical (unpaired) electrons. The summed E-state index contributed by atoms with van der Waals surface area (Å²) in [6.45, 7) is 6.89. The Morgan fingerprint density at radius 1 is 1.21 bits per heavy atom. The van der Waals surface area contributed by atoms with Gasteiger partial charge in [0.1, 0.15) is 5.75 Å². The Morgan fingerprint density at radius 2 is 1.90 bits per heavy atom. The van der Waals surface area contributed by atoms with Crippen molar-refractivity contribution in [1.29, 1.82) is 0 Å². The molecule has 0 aliphatic carbocycles. The van der Waals surface area contributed by atoms with Gasteiger partial charge in [-0.2, -0.15) is 0 Å². The van der Waals surface area contributed by atoms with Crippen molar-refractivity contribution < 1.29 is 28.7 Å². The van der Waals surface area contributed by atoms with E-state index in [1.54, 1.807) is 19.9 Å². The van der Waals surface area contributed by atoms with Gasteiger partial charge in [-0.15, -0.1) is 0 Å². The van der Waals surface area contributed by atoms with Crippen molar-refractivity contribution in [3.05, 3.63) is 23.8 Å². The zero-order valence-electron chi connectivity index (χ0n) is 17.3. The van der Waals surface area contributed by atoms with E-state index in [4.69, 9.17) is 9.47 Å². The van der Waals surface area contributed by atoms with Crippen LogP contribution in [-0.4, -0.2) is 49.6 Å². The van der Waals surface area contributed by atoms with Gasteiger partial charge in [-0.25, -0.2) is 4.79 Å². The first kappa shape index (κ1) is 22.2. The van der Waals surface area contributed by atoms with E-state index < -0.39 is 29.9 Å². The first-order valence-corrected chi connectivity index (χ1v) is 9.39. The van der Waals surface area contributed by atoms with Crippen LogP contribution in [0.4, 0.5) is 10.5 Å². The molecule has 1 fully saturated rings. The Hall–Kier alpha value is -3.10. The number of esters is 1. The van der Waals surface area contributed by atoms with Gasteiger partial charge in [0.25, 0.3) is 5.91 Å². The van der Waals surface area contributed by atoms with Gasteiger partial charge in [-0.3, -0.25) is 19.7 Å². The van der Waals surface area contributed by atoms with Crippen molar-refractivity contribution in [3.63, 3.8) is 0 Å². The molecule has 2 N–H and O–H groups in total. The molecule has 2 atom stereocenters. The molecular weight excluding hydrogens is 378 g/mol. The van der Waals surface area contributed by atoms with Gasteiger partial charge in [0.05, 0.1) is 18.7 Å². The number of carbonyl (C=O) groups excluding carboxylic acids is 4. The molecule has 0 saturated carbocycles. The van der Waals surface area contributed by atoms with Crippen molar-refractivity contribution in [2.45, 2.75) is 46.3 Å². The molecule has 9 heteroatoms. The number of nitrogens with zero attached hydrogens (tertiary/aromatic N) is 1. The summed E-state index contributed by atoms with van der Waals surface area (Å²) in [4.78, 5) is 50.0. The number of aryl methyl sites for hydroxylation is 1. The predicted octanol–water partition coefficient (Wildman–Crippen LogP) is 1.52. The van der Waals surface area contributed by atoms with E-state index in [1.807, 2.05) is 19.1 Å². The molecule has 1 aromatic rings.